The van der Waals surface area contributed by atoms with Gasteiger partial charge in [0, 0.05) is 6.42 Å². The molecule has 3 rings (SSSR count). The third-order valence-electron chi connectivity index (χ3n) is 2.73. The fourth-order valence-electron chi connectivity index (χ4n) is 1.70. The zero-order valence-electron chi connectivity index (χ0n) is 11.2. The third kappa shape index (κ3) is 3.10. The molecule has 1 aromatic carbocycles. The summed E-state index contributed by atoms with van der Waals surface area (Å²) < 4.78 is 19.0. The first-order valence-corrected chi connectivity index (χ1v) is 7.36. The Morgan fingerprint density at radius 2 is 2.05 bits per heavy atom. The number of nitrogens with one attached hydrogen (secondary N) is 1. The molecule has 2 heterocycles. The highest BCUT2D eigenvalue weighted by molar-refractivity contribution is 7.98. The molecule has 8 heteroatoms. The summed E-state index contributed by atoms with van der Waals surface area (Å²) >= 11 is 1.35. The lowest BCUT2D eigenvalue weighted by molar-refractivity contribution is 0.470. The van der Waals surface area contributed by atoms with Crippen molar-refractivity contribution in [1.82, 2.24) is 25.4 Å². The number of aryl methyl sites for hydroxylation is 1. The number of thioether (sulfide) groups is 1. The highest BCUT2D eigenvalue weighted by Gasteiger charge is 2.11. The molecular formula is C13H12FN5OS. The third-order valence-corrected chi connectivity index (χ3v) is 3.56. The van der Waals surface area contributed by atoms with Gasteiger partial charge in [-0.2, -0.15) is 0 Å². The average Bonchev–Trinajstić information content (AvgIpc) is 3.14. The van der Waals surface area contributed by atoms with Crippen LogP contribution in [0.1, 0.15) is 18.7 Å². The summed E-state index contributed by atoms with van der Waals surface area (Å²) in [6.07, 6.45) is 0.704. The normalized spacial score (nSPS) is 11.0. The smallest absolute Gasteiger partial charge is 0.226 e. The van der Waals surface area contributed by atoms with Crippen LogP contribution in [0.4, 0.5) is 4.39 Å². The van der Waals surface area contributed by atoms with E-state index in [1.807, 2.05) is 6.92 Å². The second kappa shape index (κ2) is 6.04. The molecule has 0 atom stereocenters. The van der Waals surface area contributed by atoms with Gasteiger partial charge in [-0.1, -0.05) is 30.8 Å². The molecule has 21 heavy (non-hydrogen) atoms. The van der Waals surface area contributed by atoms with Gasteiger partial charge in [0.15, 0.2) is 5.82 Å². The van der Waals surface area contributed by atoms with E-state index in [2.05, 4.69) is 25.4 Å². The van der Waals surface area contributed by atoms with Gasteiger partial charge in [0.2, 0.25) is 16.9 Å². The van der Waals surface area contributed by atoms with Crippen LogP contribution in [0.2, 0.25) is 0 Å². The van der Waals surface area contributed by atoms with E-state index in [1.165, 1.54) is 17.8 Å². The predicted molar refractivity (Wildman–Crippen MR) is 75.0 cm³/mol. The Kier molecular flexibility index (Phi) is 3.96. The molecule has 0 unspecified atom stereocenters. The van der Waals surface area contributed by atoms with Crippen molar-refractivity contribution in [1.29, 1.82) is 0 Å². The fraction of sp³-hybridized carbons (Fsp3) is 0.231. The summed E-state index contributed by atoms with van der Waals surface area (Å²) in [5.74, 6) is 1.66. The Bertz CT molecular complexity index is 742. The van der Waals surface area contributed by atoms with Crippen molar-refractivity contribution < 1.29 is 8.81 Å². The predicted octanol–water partition coefficient (Wildman–Crippen LogP) is 2.85. The van der Waals surface area contributed by atoms with Gasteiger partial charge in [-0.15, -0.1) is 15.3 Å². The van der Waals surface area contributed by atoms with Crippen molar-refractivity contribution in [3.05, 3.63) is 41.9 Å². The largest absolute Gasteiger partial charge is 0.424 e. The van der Waals surface area contributed by atoms with E-state index in [4.69, 9.17) is 4.42 Å². The van der Waals surface area contributed by atoms with Crippen molar-refractivity contribution in [3.8, 4) is 11.4 Å². The van der Waals surface area contributed by atoms with Crippen molar-refractivity contribution >= 4 is 11.8 Å². The molecule has 108 valence electrons. The molecule has 0 radical (unpaired) electrons. The molecule has 0 bridgehead atoms. The second-order valence-corrected chi connectivity index (χ2v) is 5.12. The number of hydrogen-bond acceptors (Lipinski definition) is 6. The quantitative estimate of drug-likeness (QED) is 0.730. The Balaban J connectivity index is 1.69. The highest BCUT2D eigenvalue weighted by atomic mass is 32.2. The molecule has 3 aromatic rings. The minimum atomic E-state index is -0.338. The van der Waals surface area contributed by atoms with E-state index in [0.29, 0.717) is 40.5 Å². The minimum Gasteiger partial charge on any atom is -0.424 e. The summed E-state index contributed by atoms with van der Waals surface area (Å²) in [7, 11) is 0. The number of hydrogen-bond donors (Lipinski definition) is 1. The van der Waals surface area contributed by atoms with Gasteiger partial charge in [0.25, 0.3) is 0 Å². The van der Waals surface area contributed by atoms with Gasteiger partial charge >= 0.3 is 0 Å². The van der Waals surface area contributed by atoms with Crippen molar-refractivity contribution in [2.24, 2.45) is 0 Å². The molecule has 0 fully saturated rings. The first kappa shape index (κ1) is 13.7. The monoisotopic (exact) mass is 305 g/mol. The Morgan fingerprint density at radius 3 is 2.81 bits per heavy atom. The van der Waals surface area contributed by atoms with Crippen LogP contribution in [-0.2, 0) is 12.2 Å². The van der Waals surface area contributed by atoms with E-state index in [0.717, 1.165) is 0 Å². The van der Waals surface area contributed by atoms with E-state index in [1.54, 1.807) is 18.2 Å². The average molecular weight is 305 g/mol. The lowest BCUT2D eigenvalue weighted by atomic mass is 10.2. The van der Waals surface area contributed by atoms with Gasteiger partial charge in [-0.25, -0.2) is 9.37 Å². The zero-order chi connectivity index (χ0) is 14.7. The lowest BCUT2D eigenvalue weighted by Crippen LogP contribution is -1.85. The van der Waals surface area contributed by atoms with Crippen LogP contribution in [-0.4, -0.2) is 25.4 Å². The maximum atomic E-state index is 13.6. The van der Waals surface area contributed by atoms with E-state index < -0.39 is 0 Å². The van der Waals surface area contributed by atoms with Crippen LogP contribution >= 0.6 is 11.8 Å². The maximum absolute atomic E-state index is 13.6. The number of nitrogens with zero attached hydrogens (tertiary/aromatic N) is 4. The zero-order valence-corrected chi connectivity index (χ0v) is 12.0. The Labute approximate surface area is 124 Å². The highest BCUT2D eigenvalue weighted by Crippen LogP contribution is 2.23. The molecule has 6 nitrogen and oxygen atoms in total. The number of aromatic amines is 1. The molecule has 0 saturated carbocycles. The van der Waals surface area contributed by atoms with Gasteiger partial charge in [0.1, 0.15) is 5.82 Å². The SMILES string of the molecule is CCc1nnc(CSc2n[nH]c(-c3ccccc3F)n2)o1. The number of rotatable bonds is 5. The second-order valence-electron chi connectivity index (χ2n) is 4.18. The molecule has 2 aromatic heterocycles. The fourth-order valence-corrected chi connectivity index (χ4v) is 2.34. The number of aromatic nitrogens is 5. The molecule has 0 amide bonds. The van der Waals surface area contributed by atoms with Crippen molar-refractivity contribution in [3.63, 3.8) is 0 Å². The molecule has 0 aliphatic carbocycles. The Morgan fingerprint density at radius 1 is 1.24 bits per heavy atom. The van der Waals surface area contributed by atoms with Gasteiger partial charge in [-0.3, -0.25) is 5.10 Å². The molecule has 0 aliphatic rings. The summed E-state index contributed by atoms with van der Waals surface area (Å²) in [5.41, 5.74) is 0.392. The van der Waals surface area contributed by atoms with Crippen LogP contribution in [0.3, 0.4) is 0 Å². The van der Waals surface area contributed by atoms with E-state index >= 15 is 0 Å². The summed E-state index contributed by atoms with van der Waals surface area (Å²) in [6.45, 7) is 1.94. The van der Waals surface area contributed by atoms with Crippen LogP contribution in [0.15, 0.2) is 33.8 Å². The summed E-state index contributed by atoms with van der Waals surface area (Å²) in [6, 6.07) is 6.41. The maximum Gasteiger partial charge on any atom is 0.226 e. The van der Waals surface area contributed by atoms with Crippen LogP contribution in [0, 0.1) is 5.82 Å². The number of halogens is 1. The summed E-state index contributed by atoms with van der Waals surface area (Å²) in [4.78, 5) is 4.25. The van der Waals surface area contributed by atoms with Gasteiger partial charge in [-0.05, 0) is 12.1 Å². The van der Waals surface area contributed by atoms with Crippen molar-refractivity contribution in [2.45, 2.75) is 24.3 Å². The van der Waals surface area contributed by atoms with E-state index in [-0.39, 0.29) is 5.82 Å². The number of benzene rings is 1. The Hall–Kier alpha value is -2.22. The van der Waals surface area contributed by atoms with E-state index in [9.17, 15) is 4.39 Å². The lowest BCUT2D eigenvalue weighted by Gasteiger charge is -1.96. The number of H-pyrrole nitrogens is 1. The molecule has 0 spiro atoms. The van der Waals surface area contributed by atoms with Gasteiger partial charge < -0.3 is 4.42 Å². The molecular weight excluding hydrogens is 293 g/mol. The topological polar surface area (TPSA) is 80.5 Å². The van der Waals surface area contributed by atoms with Crippen LogP contribution in [0.25, 0.3) is 11.4 Å². The molecule has 0 saturated heterocycles. The molecule has 0 aliphatic heterocycles. The first-order valence-electron chi connectivity index (χ1n) is 6.37. The van der Waals surface area contributed by atoms with Crippen LogP contribution < -0.4 is 0 Å². The standard InChI is InChI=1S/C13H12FN5OS/c1-2-10-16-17-11(20-10)7-21-13-15-12(18-19-13)8-5-3-4-6-9(8)14/h3-6H,2,7H2,1H3,(H,15,18,19). The molecule has 1 N–H and O–H groups in total. The van der Waals surface area contributed by atoms with Crippen LogP contribution in [0.5, 0.6) is 0 Å². The van der Waals surface area contributed by atoms with Crippen molar-refractivity contribution in [2.75, 3.05) is 0 Å². The summed E-state index contributed by atoms with van der Waals surface area (Å²) in [5, 5.41) is 15.1. The minimum absolute atomic E-state index is 0.338. The van der Waals surface area contributed by atoms with Gasteiger partial charge in [0.05, 0.1) is 11.3 Å². The first-order chi connectivity index (χ1) is 10.3.